The second-order valence-corrected chi connectivity index (χ2v) is 6.86. The van der Waals surface area contributed by atoms with Crippen molar-refractivity contribution in [3.63, 3.8) is 0 Å². The average molecular weight is 395 g/mol. The molecule has 0 amide bonds. The van der Waals surface area contributed by atoms with Crippen molar-refractivity contribution in [1.29, 1.82) is 0 Å². The van der Waals surface area contributed by atoms with Crippen molar-refractivity contribution in [1.82, 2.24) is 20.7 Å². The van der Waals surface area contributed by atoms with E-state index in [9.17, 15) is 0 Å². The summed E-state index contributed by atoms with van der Waals surface area (Å²) in [6.07, 6.45) is 0. The first-order valence-electron chi connectivity index (χ1n) is 8.95. The lowest BCUT2D eigenvalue weighted by molar-refractivity contribution is 0.399. The molecule has 6 nitrogen and oxygen atoms in total. The molecule has 0 radical (unpaired) electrons. The predicted molar refractivity (Wildman–Crippen MR) is 107 cm³/mol. The summed E-state index contributed by atoms with van der Waals surface area (Å²) in [5, 5.41) is 16.6. The van der Waals surface area contributed by atoms with Gasteiger partial charge >= 0.3 is 0 Å². The summed E-state index contributed by atoms with van der Waals surface area (Å²) in [6, 6.07) is 17.6. The van der Waals surface area contributed by atoms with Gasteiger partial charge in [0.05, 0.1) is 6.54 Å². The van der Waals surface area contributed by atoms with Crippen molar-refractivity contribution >= 4 is 11.6 Å². The first kappa shape index (κ1) is 18.4. The van der Waals surface area contributed by atoms with E-state index in [2.05, 4.69) is 20.7 Å². The summed E-state index contributed by atoms with van der Waals surface area (Å²) in [4.78, 5) is 0. The summed E-state index contributed by atoms with van der Waals surface area (Å²) in [6.45, 7) is 4.29. The first-order valence-corrected chi connectivity index (χ1v) is 9.33. The fourth-order valence-corrected chi connectivity index (χ4v) is 3.32. The van der Waals surface area contributed by atoms with Gasteiger partial charge in [-0.3, -0.25) is 0 Å². The van der Waals surface area contributed by atoms with E-state index in [1.165, 1.54) is 0 Å². The monoisotopic (exact) mass is 394 g/mol. The molecule has 0 aliphatic rings. The normalized spacial score (nSPS) is 12.2. The number of halogens is 1. The molecule has 0 spiro atoms. The zero-order valence-electron chi connectivity index (χ0n) is 15.5. The smallest absolute Gasteiger partial charge is 0.253 e. The summed E-state index contributed by atoms with van der Waals surface area (Å²) in [5.41, 5.74) is 3.35. The van der Waals surface area contributed by atoms with Gasteiger partial charge in [0.25, 0.3) is 5.89 Å². The van der Waals surface area contributed by atoms with Gasteiger partial charge in [0.1, 0.15) is 17.0 Å². The third kappa shape index (κ3) is 3.69. The van der Waals surface area contributed by atoms with Crippen molar-refractivity contribution in [2.45, 2.75) is 26.4 Å². The van der Waals surface area contributed by atoms with Crippen LogP contribution in [-0.2, 0) is 6.54 Å². The van der Waals surface area contributed by atoms with Gasteiger partial charge in [0, 0.05) is 16.6 Å². The van der Waals surface area contributed by atoms with Crippen LogP contribution in [0.1, 0.15) is 30.2 Å². The van der Waals surface area contributed by atoms with Gasteiger partial charge in [0.2, 0.25) is 5.89 Å². The number of nitrogens with one attached hydrogen (secondary N) is 1. The number of aryl methyl sites for hydroxylation is 1. The Bertz CT molecular complexity index is 1070. The van der Waals surface area contributed by atoms with Crippen LogP contribution >= 0.6 is 11.6 Å². The Morgan fingerprint density at radius 2 is 1.79 bits per heavy atom. The SMILES string of the molecule is Cc1onc(-c2ccccc2)c1-c1nnc(CN[C@H](C)c2ccccc2Cl)o1. The molecular formula is C21H19ClN4O2. The minimum atomic E-state index is 0.0428. The summed E-state index contributed by atoms with van der Waals surface area (Å²) >= 11 is 6.26. The van der Waals surface area contributed by atoms with E-state index in [-0.39, 0.29) is 6.04 Å². The molecule has 142 valence electrons. The zero-order chi connectivity index (χ0) is 19.5. The van der Waals surface area contributed by atoms with Crippen LogP contribution in [0.3, 0.4) is 0 Å². The standard InChI is InChI=1S/C21H19ClN4O2/c1-13(16-10-6-7-11-17(16)22)23-12-18-24-25-21(27-18)19-14(2)28-26-20(19)15-8-4-3-5-9-15/h3-11,13,23H,12H2,1-2H3/t13-/m1/s1. The molecule has 0 aliphatic carbocycles. The molecule has 2 aromatic carbocycles. The van der Waals surface area contributed by atoms with E-state index in [0.717, 1.165) is 16.1 Å². The fraction of sp³-hybridized carbons (Fsp3) is 0.190. The lowest BCUT2D eigenvalue weighted by Gasteiger charge is -2.14. The molecule has 0 bridgehead atoms. The molecule has 0 aliphatic heterocycles. The number of hydrogen-bond donors (Lipinski definition) is 1. The molecule has 0 unspecified atom stereocenters. The van der Waals surface area contributed by atoms with Crippen molar-refractivity contribution in [2.24, 2.45) is 0 Å². The predicted octanol–water partition coefficient (Wildman–Crippen LogP) is 5.20. The van der Waals surface area contributed by atoms with E-state index in [1.807, 2.05) is 68.4 Å². The Balaban J connectivity index is 1.53. The van der Waals surface area contributed by atoms with E-state index in [4.69, 9.17) is 20.5 Å². The lowest BCUT2D eigenvalue weighted by Crippen LogP contribution is -2.18. The molecule has 2 heterocycles. The van der Waals surface area contributed by atoms with Gasteiger partial charge < -0.3 is 14.3 Å². The van der Waals surface area contributed by atoms with Crippen LogP contribution in [0, 0.1) is 6.92 Å². The number of nitrogens with zero attached hydrogens (tertiary/aromatic N) is 3. The van der Waals surface area contributed by atoms with E-state index >= 15 is 0 Å². The first-order chi connectivity index (χ1) is 13.6. The number of aromatic nitrogens is 3. The largest absolute Gasteiger partial charge is 0.419 e. The van der Waals surface area contributed by atoms with Crippen LogP contribution in [0.4, 0.5) is 0 Å². The topological polar surface area (TPSA) is 77.0 Å². The maximum Gasteiger partial charge on any atom is 0.253 e. The van der Waals surface area contributed by atoms with E-state index in [0.29, 0.717) is 35.3 Å². The van der Waals surface area contributed by atoms with Crippen LogP contribution in [0.25, 0.3) is 22.7 Å². The lowest BCUT2D eigenvalue weighted by atomic mass is 10.1. The van der Waals surface area contributed by atoms with Crippen molar-refractivity contribution < 1.29 is 8.94 Å². The van der Waals surface area contributed by atoms with Crippen LogP contribution in [-0.4, -0.2) is 15.4 Å². The third-order valence-electron chi connectivity index (χ3n) is 4.52. The van der Waals surface area contributed by atoms with Gasteiger partial charge in [-0.2, -0.15) is 0 Å². The zero-order valence-corrected chi connectivity index (χ0v) is 16.3. The van der Waals surface area contributed by atoms with Gasteiger partial charge in [-0.25, -0.2) is 0 Å². The molecule has 0 saturated carbocycles. The molecule has 0 fully saturated rings. The fourth-order valence-electron chi connectivity index (χ4n) is 3.02. The highest BCUT2D eigenvalue weighted by atomic mass is 35.5. The van der Waals surface area contributed by atoms with Crippen LogP contribution in [0.5, 0.6) is 0 Å². The van der Waals surface area contributed by atoms with Gasteiger partial charge in [-0.1, -0.05) is 65.3 Å². The van der Waals surface area contributed by atoms with Crippen LogP contribution in [0.15, 0.2) is 63.5 Å². The third-order valence-corrected chi connectivity index (χ3v) is 4.87. The number of rotatable bonds is 6. The molecule has 1 atom stereocenters. The molecule has 0 saturated heterocycles. The van der Waals surface area contributed by atoms with Gasteiger partial charge in [-0.05, 0) is 25.5 Å². The van der Waals surface area contributed by atoms with Crippen molar-refractivity contribution in [2.75, 3.05) is 0 Å². The van der Waals surface area contributed by atoms with Crippen LogP contribution in [0.2, 0.25) is 5.02 Å². The summed E-state index contributed by atoms with van der Waals surface area (Å²) in [5.74, 6) is 1.50. The molecule has 2 aromatic heterocycles. The quantitative estimate of drug-likeness (QED) is 0.484. The van der Waals surface area contributed by atoms with Gasteiger partial charge in [-0.15, -0.1) is 10.2 Å². The van der Waals surface area contributed by atoms with Gasteiger partial charge in [0.15, 0.2) is 0 Å². The molecule has 4 aromatic rings. The molecule has 1 N–H and O–H groups in total. The Labute approximate surface area is 167 Å². The second-order valence-electron chi connectivity index (χ2n) is 6.45. The highest BCUT2D eigenvalue weighted by molar-refractivity contribution is 6.31. The number of hydrogen-bond acceptors (Lipinski definition) is 6. The van der Waals surface area contributed by atoms with E-state index < -0.39 is 0 Å². The summed E-state index contributed by atoms with van der Waals surface area (Å²) < 4.78 is 11.2. The van der Waals surface area contributed by atoms with Crippen molar-refractivity contribution in [3.8, 4) is 22.7 Å². The Hall–Kier alpha value is -2.96. The minimum Gasteiger partial charge on any atom is -0.419 e. The highest BCUT2D eigenvalue weighted by Gasteiger charge is 2.22. The molecule has 4 rings (SSSR count). The maximum atomic E-state index is 6.26. The Kier molecular flexibility index (Phi) is 5.23. The Morgan fingerprint density at radius 1 is 1.04 bits per heavy atom. The highest BCUT2D eigenvalue weighted by Crippen LogP contribution is 2.33. The number of benzene rings is 2. The average Bonchev–Trinajstić information content (AvgIpc) is 3.33. The molecular weight excluding hydrogens is 376 g/mol. The van der Waals surface area contributed by atoms with Crippen LogP contribution < -0.4 is 5.32 Å². The Morgan fingerprint density at radius 3 is 2.57 bits per heavy atom. The summed E-state index contributed by atoms with van der Waals surface area (Å²) in [7, 11) is 0. The van der Waals surface area contributed by atoms with E-state index in [1.54, 1.807) is 0 Å². The molecule has 28 heavy (non-hydrogen) atoms. The maximum absolute atomic E-state index is 6.26. The van der Waals surface area contributed by atoms with Crippen molar-refractivity contribution in [3.05, 3.63) is 76.8 Å². The minimum absolute atomic E-state index is 0.0428. The second kappa shape index (κ2) is 7.96. The molecule has 7 heteroatoms.